The molecule has 0 aliphatic rings. The zero-order chi connectivity index (χ0) is 15.6. The first-order valence-corrected chi connectivity index (χ1v) is 8.26. The van der Waals surface area contributed by atoms with Gasteiger partial charge in [-0.05, 0) is 13.3 Å². The molecule has 20 heavy (non-hydrogen) atoms. The zero-order valence-corrected chi connectivity index (χ0v) is 13.6. The van der Waals surface area contributed by atoms with Crippen LogP contribution in [0.25, 0.3) is 0 Å². The van der Waals surface area contributed by atoms with Gasteiger partial charge in [0.05, 0.1) is 10.5 Å². The van der Waals surface area contributed by atoms with E-state index in [1.165, 1.54) is 6.92 Å². The van der Waals surface area contributed by atoms with Gasteiger partial charge in [0.25, 0.3) is 10.0 Å². The molecule has 0 fully saturated rings. The van der Waals surface area contributed by atoms with Crippen molar-refractivity contribution in [2.75, 3.05) is 5.32 Å². The molecule has 0 saturated carbocycles. The molecule has 0 aliphatic heterocycles. The summed E-state index contributed by atoms with van der Waals surface area (Å²) in [6, 6.07) is 0. The van der Waals surface area contributed by atoms with Crippen LogP contribution in [0.5, 0.6) is 0 Å². The van der Waals surface area contributed by atoms with Crippen LogP contribution in [0.1, 0.15) is 27.2 Å². The van der Waals surface area contributed by atoms with E-state index >= 15 is 0 Å². The van der Waals surface area contributed by atoms with E-state index in [1.54, 1.807) is 13.8 Å². The highest BCUT2D eigenvalue weighted by molar-refractivity contribution is 7.91. The summed E-state index contributed by atoms with van der Waals surface area (Å²) in [6.45, 7) is 4.63. The first-order valence-electron chi connectivity index (χ1n) is 5.55. The number of carbonyl (C=O) groups excluding carboxylic acids is 1. The van der Waals surface area contributed by atoms with Crippen molar-refractivity contribution in [1.29, 1.82) is 0 Å². The van der Waals surface area contributed by atoms with Crippen molar-refractivity contribution in [3.63, 3.8) is 0 Å². The number of anilines is 1. The van der Waals surface area contributed by atoms with E-state index in [4.69, 9.17) is 18.0 Å². The number of sulfonamides is 1. The van der Waals surface area contributed by atoms with Gasteiger partial charge in [0.1, 0.15) is 0 Å². The number of aromatic nitrogens is 2. The average molecular weight is 337 g/mol. The van der Waals surface area contributed by atoms with Crippen molar-refractivity contribution in [1.82, 2.24) is 14.9 Å². The smallest absolute Gasteiger partial charge is 0.270 e. The van der Waals surface area contributed by atoms with Gasteiger partial charge >= 0.3 is 0 Å². The SMILES string of the molecule is CCC(C)(NS(=O)(=O)c1nnc(NC(C)=O)s1)C(N)=S. The van der Waals surface area contributed by atoms with Crippen LogP contribution in [0, 0.1) is 0 Å². The quantitative estimate of drug-likeness (QED) is 0.501. The molecular weight excluding hydrogens is 322 g/mol. The van der Waals surface area contributed by atoms with Gasteiger partial charge in [0, 0.05) is 6.92 Å². The van der Waals surface area contributed by atoms with Crippen LogP contribution in [0.15, 0.2) is 4.34 Å². The summed E-state index contributed by atoms with van der Waals surface area (Å²) in [5.74, 6) is -0.361. The van der Waals surface area contributed by atoms with E-state index in [1.807, 2.05) is 0 Å². The van der Waals surface area contributed by atoms with Crippen LogP contribution in [0.2, 0.25) is 0 Å². The van der Waals surface area contributed by atoms with Crippen molar-refractivity contribution < 1.29 is 13.2 Å². The normalized spacial score (nSPS) is 14.6. The third kappa shape index (κ3) is 3.91. The summed E-state index contributed by atoms with van der Waals surface area (Å²) in [7, 11) is -3.91. The number of hydrogen-bond acceptors (Lipinski definition) is 7. The lowest BCUT2D eigenvalue weighted by atomic mass is 10.0. The van der Waals surface area contributed by atoms with E-state index in [9.17, 15) is 13.2 Å². The second-order valence-electron chi connectivity index (χ2n) is 4.21. The fourth-order valence-corrected chi connectivity index (χ4v) is 3.82. The minimum atomic E-state index is -3.91. The molecule has 4 N–H and O–H groups in total. The number of amides is 1. The maximum atomic E-state index is 12.2. The number of nitrogens with one attached hydrogen (secondary N) is 2. The Hall–Kier alpha value is -1.17. The molecule has 1 aromatic rings. The number of rotatable bonds is 6. The number of carbonyl (C=O) groups is 1. The minimum Gasteiger partial charge on any atom is -0.392 e. The van der Waals surface area contributed by atoms with Crippen LogP contribution < -0.4 is 15.8 Å². The van der Waals surface area contributed by atoms with Crippen LogP contribution in [-0.4, -0.2) is 35.0 Å². The number of hydrogen-bond donors (Lipinski definition) is 3. The second-order valence-corrected chi connectivity index (χ2v) is 7.48. The molecule has 0 aromatic carbocycles. The van der Waals surface area contributed by atoms with Crippen LogP contribution in [0.4, 0.5) is 5.13 Å². The summed E-state index contributed by atoms with van der Waals surface area (Å²) in [5, 5.41) is 9.58. The second kappa shape index (κ2) is 6.08. The Morgan fingerprint density at radius 1 is 1.50 bits per heavy atom. The van der Waals surface area contributed by atoms with Crippen molar-refractivity contribution >= 4 is 49.6 Å². The molecule has 1 amide bonds. The highest BCUT2D eigenvalue weighted by atomic mass is 32.2. The van der Waals surface area contributed by atoms with E-state index in [2.05, 4.69) is 20.2 Å². The van der Waals surface area contributed by atoms with Gasteiger partial charge in [0.2, 0.25) is 15.4 Å². The minimum absolute atomic E-state index is 0.0372. The molecule has 1 heterocycles. The molecule has 0 saturated heterocycles. The average Bonchev–Trinajstić information content (AvgIpc) is 2.76. The maximum Gasteiger partial charge on any atom is 0.270 e. The highest BCUT2D eigenvalue weighted by Crippen LogP contribution is 2.22. The summed E-state index contributed by atoms with van der Waals surface area (Å²) >= 11 is 5.61. The van der Waals surface area contributed by atoms with Gasteiger partial charge in [0.15, 0.2) is 0 Å². The van der Waals surface area contributed by atoms with Crippen LogP contribution in [0.3, 0.4) is 0 Å². The highest BCUT2D eigenvalue weighted by Gasteiger charge is 2.33. The summed E-state index contributed by atoms with van der Waals surface area (Å²) in [6.07, 6.45) is 0.388. The molecule has 1 unspecified atom stereocenters. The predicted octanol–water partition coefficient (Wildman–Crippen LogP) is 0.230. The van der Waals surface area contributed by atoms with Crippen molar-refractivity contribution in [3.05, 3.63) is 0 Å². The molecule has 0 spiro atoms. The number of thiocarbonyl (C=S) groups is 1. The van der Waals surface area contributed by atoms with Gasteiger partial charge in [-0.2, -0.15) is 4.72 Å². The Bertz CT molecular complexity index is 627. The van der Waals surface area contributed by atoms with Crippen molar-refractivity contribution in [3.8, 4) is 0 Å². The fourth-order valence-electron chi connectivity index (χ4n) is 1.16. The molecule has 1 atom stereocenters. The number of nitrogens with zero attached hydrogens (tertiary/aromatic N) is 2. The lowest BCUT2D eigenvalue weighted by molar-refractivity contribution is -0.114. The van der Waals surface area contributed by atoms with Crippen LogP contribution >= 0.6 is 23.6 Å². The molecule has 0 bridgehead atoms. The molecule has 1 aromatic heterocycles. The predicted molar refractivity (Wildman–Crippen MR) is 80.0 cm³/mol. The molecule has 0 aliphatic carbocycles. The summed E-state index contributed by atoms with van der Waals surface area (Å²) in [4.78, 5) is 10.9. The Morgan fingerprint density at radius 3 is 2.55 bits per heavy atom. The lowest BCUT2D eigenvalue weighted by Gasteiger charge is -2.27. The van der Waals surface area contributed by atoms with Gasteiger partial charge in [-0.1, -0.05) is 30.5 Å². The fraction of sp³-hybridized carbons (Fsp3) is 0.556. The Balaban J connectivity index is 3.02. The maximum absolute atomic E-state index is 12.2. The molecule has 8 nitrogen and oxygen atoms in total. The monoisotopic (exact) mass is 337 g/mol. The third-order valence-electron chi connectivity index (χ3n) is 2.53. The summed E-state index contributed by atoms with van der Waals surface area (Å²) in [5.41, 5.74) is 4.51. The van der Waals surface area contributed by atoms with Gasteiger partial charge in [-0.25, -0.2) is 8.42 Å². The molecular formula is C9H15N5O3S3. The van der Waals surface area contributed by atoms with E-state index in [-0.39, 0.29) is 20.4 Å². The molecule has 1 rings (SSSR count). The first kappa shape index (κ1) is 16.9. The van der Waals surface area contributed by atoms with Crippen molar-refractivity contribution in [2.45, 2.75) is 37.1 Å². The van der Waals surface area contributed by atoms with Crippen LogP contribution in [-0.2, 0) is 14.8 Å². The van der Waals surface area contributed by atoms with Gasteiger partial charge in [-0.15, -0.1) is 10.2 Å². The van der Waals surface area contributed by atoms with E-state index in [0.717, 1.165) is 11.3 Å². The van der Waals surface area contributed by atoms with E-state index in [0.29, 0.717) is 6.42 Å². The standard InChI is InChI=1S/C9H15N5O3S3/c1-4-9(3,6(10)18)14-20(16,17)8-13-12-7(19-8)11-5(2)15/h14H,4H2,1-3H3,(H2,10,18)(H,11,12,15). The Labute approximate surface area is 126 Å². The topological polar surface area (TPSA) is 127 Å². The Morgan fingerprint density at radius 2 is 2.10 bits per heavy atom. The zero-order valence-electron chi connectivity index (χ0n) is 11.1. The first-order chi connectivity index (χ1) is 9.10. The van der Waals surface area contributed by atoms with Gasteiger partial charge in [-0.3, -0.25) is 4.79 Å². The molecule has 0 radical (unpaired) electrons. The summed E-state index contributed by atoms with van der Waals surface area (Å²) < 4.78 is 26.5. The third-order valence-corrected chi connectivity index (χ3v) is 5.78. The largest absolute Gasteiger partial charge is 0.392 e. The molecule has 112 valence electrons. The Kier molecular flexibility index (Phi) is 5.13. The van der Waals surface area contributed by atoms with E-state index < -0.39 is 15.6 Å². The molecule has 11 heteroatoms. The lowest BCUT2D eigenvalue weighted by Crippen LogP contribution is -2.53. The van der Waals surface area contributed by atoms with Crippen molar-refractivity contribution in [2.24, 2.45) is 5.73 Å². The number of nitrogens with two attached hydrogens (primary N) is 1. The van der Waals surface area contributed by atoms with Gasteiger partial charge < -0.3 is 11.1 Å².